The molecule has 0 aromatic heterocycles. The van der Waals surface area contributed by atoms with Crippen LogP contribution in [0, 0.1) is 12.7 Å². The van der Waals surface area contributed by atoms with Crippen molar-refractivity contribution in [3.63, 3.8) is 0 Å². The van der Waals surface area contributed by atoms with Crippen molar-refractivity contribution in [2.45, 2.75) is 13.0 Å². The first-order valence-electron chi connectivity index (χ1n) is 10.0. The second-order valence-electron chi connectivity index (χ2n) is 7.52. The summed E-state index contributed by atoms with van der Waals surface area (Å²) < 4.78 is 13.9. The molecule has 3 aromatic rings. The minimum Gasteiger partial charge on any atom is -0.336 e. The van der Waals surface area contributed by atoms with Gasteiger partial charge in [0.1, 0.15) is 5.82 Å². The number of hydrogen-bond acceptors (Lipinski definition) is 2. The van der Waals surface area contributed by atoms with E-state index in [1.54, 1.807) is 19.1 Å². The number of aryl methyl sites for hydroxylation is 1. The lowest BCUT2D eigenvalue weighted by atomic mass is 9.96. The number of rotatable bonds is 4. The number of hydrogen-bond donors (Lipinski definition) is 0. The van der Waals surface area contributed by atoms with Crippen LogP contribution in [0.2, 0.25) is 0 Å². The van der Waals surface area contributed by atoms with Crippen molar-refractivity contribution >= 4 is 5.91 Å². The molecule has 1 aliphatic heterocycles. The zero-order chi connectivity index (χ0) is 20.2. The van der Waals surface area contributed by atoms with Gasteiger partial charge in [0.25, 0.3) is 5.91 Å². The van der Waals surface area contributed by atoms with Crippen LogP contribution in [0.15, 0.2) is 78.9 Å². The fourth-order valence-corrected chi connectivity index (χ4v) is 3.98. The van der Waals surface area contributed by atoms with Crippen LogP contribution >= 0.6 is 0 Å². The van der Waals surface area contributed by atoms with E-state index in [-0.39, 0.29) is 17.8 Å². The topological polar surface area (TPSA) is 23.6 Å². The number of halogens is 1. The van der Waals surface area contributed by atoms with Crippen molar-refractivity contribution in [3.05, 3.63) is 107 Å². The molecule has 3 aromatic carbocycles. The molecule has 4 heteroatoms. The summed E-state index contributed by atoms with van der Waals surface area (Å²) in [6, 6.07) is 25.8. The van der Waals surface area contributed by atoms with Crippen LogP contribution in [0.5, 0.6) is 0 Å². The molecule has 29 heavy (non-hydrogen) atoms. The van der Waals surface area contributed by atoms with Crippen molar-refractivity contribution in [1.82, 2.24) is 9.80 Å². The molecule has 0 bridgehead atoms. The number of carbonyl (C=O) groups is 1. The predicted molar refractivity (Wildman–Crippen MR) is 113 cm³/mol. The normalized spacial score (nSPS) is 14.9. The molecule has 0 N–H and O–H groups in total. The number of piperazine rings is 1. The summed E-state index contributed by atoms with van der Waals surface area (Å²) in [6.45, 7) is 4.51. The third kappa shape index (κ3) is 4.22. The van der Waals surface area contributed by atoms with E-state index in [1.807, 2.05) is 17.0 Å². The molecule has 1 amide bonds. The van der Waals surface area contributed by atoms with E-state index < -0.39 is 0 Å². The Bertz CT molecular complexity index is 927. The molecular weight excluding hydrogens is 363 g/mol. The van der Waals surface area contributed by atoms with Gasteiger partial charge in [0.15, 0.2) is 0 Å². The van der Waals surface area contributed by atoms with Crippen molar-refractivity contribution in [2.24, 2.45) is 0 Å². The Kier molecular flexibility index (Phi) is 5.72. The van der Waals surface area contributed by atoms with Crippen molar-refractivity contribution < 1.29 is 9.18 Å². The first-order chi connectivity index (χ1) is 14.1. The Hall–Kier alpha value is -2.98. The van der Waals surface area contributed by atoms with Gasteiger partial charge < -0.3 is 4.90 Å². The molecule has 0 unspecified atom stereocenters. The number of carbonyl (C=O) groups excluding carboxylic acids is 1. The van der Waals surface area contributed by atoms with Gasteiger partial charge in [-0.05, 0) is 35.7 Å². The maximum Gasteiger partial charge on any atom is 0.254 e. The summed E-state index contributed by atoms with van der Waals surface area (Å²) in [6.07, 6.45) is 0. The molecule has 0 spiro atoms. The molecule has 0 radical (unpaired) electrons. The molecule has 0 aliphatic carbocycles. The number of benzene rings is 3. The largest absolute Gasteiger partial charge is 0.336 e. The fourth-order valence-electron chi connectivity index (χ4n) is 3.98. The Morgan fingerprint density at radius 2 is 1.38 bits per heavy atom. The van der Waals surface area contributed by atoms with E-state index in [4.69, 9.17) is 0 Å². The Balaban J connectivity index is 1.51. The minimum atomic E-state index is -0.331. The third-order valence-electron chi connectivity index (χ3n) is 5.62. The van der Waals surface area contributed by atoms with E-state index in [0.29, 0.717) is 24.2 Å². The summed E-state index contributed by atoms with van der Waals surface area (Å²) in [5, 5.41) is 0. The highest BCUT2D eigenvalue weighted by Crippen LogP contribution is 2.29. The van der Waals surface area contributed by atoms with Gasteiger partial charge in [0.2, 0.25) is 0 Å². The summed E-state index contributed by atoms with van der Waals surface area (Å²) in [5.74, 6) is -0.428. The minimum absolute atomic E-state index is 0.0977. The van der Waals surface area contributed by atoms with Crippen molar-refractivity contribution in [1.29, 1.82) is 0 Å². The lowest BCUT2D eigenvalue weighted by Crippen LogP contribution is -2.49. The van der Waals surface area contributed by atoms with Gasteiger partial charge in [-0.3, -0.25) is 9.69 Å². The summed E-state index contributed by atoms with van der Waals surface area (Å²) in [4.78, 5) is 17.1. The quantitative estimate of drug-likeness (QED) is 0.648. The molecule has 3 nitrogen and oxygen atoms in total. The average molecular weight is 388 g/mol. The van der Waals surface area contributed by atoms with Gasteiger partial charge in [0, 0.05) is 31.7 Å². The van der Waals surface area contributed by atoms with Gasteiger partial charge in [0.05, 0.1) is 6.04 Å². The van der Waals surface area contributed by atoms with Crippen LogP contribution < -0.4 is 0 Å². The van der Waals surface area contributed by atoms with Gasteiger partial charge in [-0.25, -0.2) is 4.39 Å². The van der Waals surface area contributed by atoms with Crippen molar-refractivity contribution in [3.8, 4) is 0 Å². The monoisotopic (exact) mass is 388 g/mol. The Morgan fingerprint density at radius 3 is 1.90 bits per heavy atom. The third-order valence-corrected chi connectivity index (χ3v) is 5.62. The van der Waals surface area contributed by atoms with E-state index in [2.05, 4.69) is 53.4 Å². The van der Waals surface area contributed by atoms with Crippen LogP contribution in [-0.4, -0.2) is 41.9 Å². The summed E-state index contributed by atoms with van der Waals surface area (Å²) in [7, 11) is 0. The molecule has 0 saturated carbocycles. The van der Waals surface area contributed by atoms with Gasteiger partial charge >= 0.3 is 0 Å². The van der Waals surface area contributed by atoms with E-state index in [1.165, 1.54) is 17.2 Å². The standard InChI is InChI=1S/C25H25FN2O/c1-19-12-13-22(18-23(19)26)25(29)28-16-14-27(15-17-28)24(20-8-4-2-5-9-20)21-10-6-3-7-11-21/h2-13,18,24H,14-17H2,1H3. The lowest BCUT2D eigenvalue weighted by Gasteiger charge is -2.39. The van der Waals surface area contributed by atoms with E-state index >= 15 is 0 Å². The lowest BCUT2D eigenvalue weighted by molar-refractivity contribution is 0.0597. The average Bonchev–Trinajstić information content (AvgIpc) is 2.77. The van der Waals surface area contributed by atoms with Crippen molar-refractivity contribution in [2.75, 3.05) is 26.2 Å². The summed E-state index contributed by atoms with van der Waals surface area (Å²) >= 11 is 0. The van der Waals surface area contributed by atoms with Crippen LogP contribution in [0.1, 0.15) is 33.1 Å². The van der Waals surface area contributed by atoms with E-state index in [9.17, 15) is 9.18 Å². The molecule has 1 saturated heterocycles. The summed E-state index contributed by atoms with van der Waals surface area (Å²) in [5.41, 5.74) is 3.47. The molecule has 1 aliphatic rings. The van der Waals surface area contributed by atoms with Gasteiger partial charge in [-0.2, -0.15) is 0 Å². The van der Waals surface area contributed by atoms with E-state index in [0.717, 1.165) is 13.1 Å². The molecule has 1 heterocycles. The molecule has 0 atom stereocenters. The maximum absolute atomic E-state index is 13.9. The zero-order valence-electron chi connectivity index (χ0n) is 16.6. The van der Waals surface area contributed by atoms with Gasteiger partial charge in [-0.1, -0.05) is 66.7 Å². The van der Waals surface area contributed by atoms with Crippen LogP contribution in [0.4, 0.5) is 4.39 Å². The number of nitrogens with zero attached hydrogens (tertiary/aromatic N) is 2. The second-order valence-corrected chi connectivity index (χ2v) is 7.52. The zero-order valence-corrected chi connectivity index (χ0v) is 16.6. The predicted octanol–water partition coefficient (Wildman–Crippen LogP) is 4.68. The first kappa shape index (κ1) is 19.3. The Morgan fingerprint density at radius 1 is 0.828 bits per heavy atom. The molecule has 4 rings (SSSR count). The van der Waals surface area contributed by atoms with Crippen LogP contribution in [-0.2, 0) is 0 Å². The maximum atomic E-state index is 13.9. The second kappa shape index (κ2) is 8.58. The smallest absolute Gasteiger partial charge is 0.254 e. The molecule has 1 fully saturated rings. The van der Waals surface area contributed by atoms with Crippen LogP contribution in [0.3, 0.4) is 0 Å². The highest BCUT2D eigenvalue weighted by molar-refractivity contribution is 5.94. The highest BCUT2D eigenvalue weighted by Gasteiger charge is 2.28. The van der Waals surface area contributed by atoms with Crippen LogP contribution in [0.25, 0.3) is 0 Å². The highest BCUT2D eigenvalue weighted by atomic mass is 19.1. The van der Waals surface area contributed by atoms with Gasteiger partial charge in [-0.15, -0.1) is 0 Å². The molecule has 148 valence electrons. The first-order valence-corrected chi connectivity index (χ1v) is 10.0. The number of amides is 1. The SMILES string of the molecule is Cc1ccc(C(=O)N2CCN(C(c3ccccc3)c3ccccc3)CC2)cc1F. The Labute approximate surface area is 171 Å². The fraction of sp³-hybridized carbons (Fsp3) is 0.240. The molecular formula is C25H25FN2O.